The zero-order valence-corrected chi connectivity index (χ0v) is 15.3. The minimum atomic E-state index is -0.376. The summed E-state index contributed by atoms with van der Waals surface area (Å²) in [5.41, 5.74) is 0. The molecule has 0 aliphatic carbocycles. The molecule has 2 aliphatic heterocycles. The molecule has 7 heteroatoms. The maximum Gasteiger partial charge on any atom is 0.317 e. The van der Waals surface area contributed by atoms with Crippen LogP contribution < -0.4 is 5.32 Å². The van der Waals surface area contributed by atoms with Crippen LogP contribution in [0, 0.1) is 5.92 Å². The van der Waals surface area contributed by atoms with Crippen molar-refractivity contribution in [2.45, 2.75) is 51.4 Å². The summed E-state index contributed by atoms with van der Waals surface area (Å²) in [6.07, 6.45) is 1.98. The van der Waals surface area contributed by atoms with Crippen molar-refractivity contribution in [2.75, 3.05) is 40.3 Å². The van der Waals surface area contributed by atoms with Crippen LogP contribution in [0.15, 0.2) is 0 Å². The van der Waals surface area contributed by atoms with Gasteiger partial charge in [0, 0.05) is 40.3 Å². The van der Waals surface area contributed by atoms with E-state index in [1.54, 1.807) is 19.0 Å². The van der Waals surface area contributed by atoms with Gasteiger partial charge in [0.05, 0.1) is 12.2 Å². The number of carbonyl (C=O) groups is 2. The van der Waals surface area contributed by atoms with Crippen LogP contribution in [0.5, 0.6) is 0 Å². The number of amides is 3. The van der Waals surface area contributed by atoms with Crippen molar-refractivity contribution in [3.05, 3.63) is 0 Å². The van der Waals surface area contributed by atoms with Gasteiger partial charge in [0.1, 0.15) is 6.10 Å². The third-order valence-electron chi connectivity index (χ3n) is 4.64. The molecule has 2 fully saturated rings. The van der Waals surface area contributed by atoms with Crippen molar-refractivity contribution in [1.29, 1.82) is 0 Å². The summed E-state index contributed by atoms with van der Waals surface area (Å²) >= 11 is 0. The molecule has 2 saturated heterocycles. The van der Waals surface area contributed by atoms with Gasteiger partial charge in [-0.05, 0) is 25.2 Å². The number of nitrogens with zero attached hydrogens (tertiary/aromatic N) is 2. The molecule has 7 nitrogen and oxygen atoms in total. The van der Waals surface area contributed by atoms with E-state index in [1.165, 1.54) is 0 Å². The monoisotopic (exact) mass is 341 g/mol. The minimum Gasteiger partial charge on any atom is -0.376 e. The zero-order chi connectivity index (χ0) is 17.7. The molecule has 0 bridgehead atoms. The summed E-state index contributed by atoms with van der Waals surface area (Å²) in [4.78, 5) is 27.7. The largest absolute Gasteiger partial charge is 0.376 e. The molecule has 2 heterocycles. The quantitative estimate of drug-likeness (QED) is 0.831. The summed E-state index contributed by atoms with van der Waals surface area (Å²) in [6, 6.07) is -0.0721. The summed E-state index contributed by atoms with van der Waals surface area (Å²) in [6.45, 7) is 6.70. The summed E-state index contributed by atoms with van der Waals surface area (Å²) < 4.78 is 11.6. The van der Waals surface area contributed by atoms with E-state index in [9.17, 15) is 9.59 Å². The first-order valence-electron chi connectivity index (χ1n) is 8.89. The first-order chi connectivity index (χ1) is 11.4. The molecule has 3 unspecified atom stereocenters. The van der Waals surface area contributed by atoms with Crippen LogP contribution in [0.4, 0.5) is 4.79 Å². The lowest BCUT2D eigenvalue weighted by Gasteiger charge is -2.26. The third-order valence-corrected chi connectivity index (χ3v) is 4.64. The summed E-state index contributed by atoms with van der Waals surface area (Å²) in [5.74, 6) is 0.377. The number of ether oxygens (including phenoxy) is 2. The van der Waals surface area contributed by atoms with Crippen LogP contribution in [0.3, 0.4) is 0 Å². The topological polar surface area (TPSA) is 71.1 Å². The maximum absolute atomic E-state index is 12.4. The number of hydrogen-bond acceptors (Lipinski definition) is 4. The second kappa shape index (κ2) is 8.67. The van der Waals surface area contributed by atoms with Crippen LogP contribution in [-0.2, 0) is 14.3 Å². The van der Waals surface area contributed by atoms with Crippen molar-refractivity contribution in [2.24, 2.45) is 5.92 Å². The second-order valence-electron chi connectivity index (χ2n) is 7.20. The Labute approximate surface area is 144 Å². The van der Waals surface area contributed by atoms with Gasteiger partial charge in [-0.15, -0.1) is 0 Å². The molecular weight excluding hydrogens is 310 g/mol. The van der Waals surface area contributed by atoms with Crippen LogP contribution in [0.2, 0.25) is 0 Å². The van der Waals surface area contributed by atoms with Crippen molar-refractivity contribution < 1.29 is 19.1 Å². The lowest BCUT2D eigenvalue weighted by atomic mass is 10.1. The molecule has 0 aromatic carbocycles. The average Bonchev–Trinajstić information content (AvgIpc) is 2.86. The Hall–Kier alpha value is -1.34. The van der Waals surface area contributed by atoms with E-state index in [4.69, 9.17) is 9.47 Å². The Kier molecular flexibility index (Phi) is 6.86. The van der Waals surface area contributed by atoms with Crippen LogP contribution in [0.25, 0.3) is 0 Å². The van der Waals surface area contributed by atoms with Crippen molar-refractivity contribution in [3.8, 4) is 0 Å². The minimum absolute atomic E-state index is 0.00623. The Morgan fingerprint density at radius 3 is 2.71 bits per heavy atom. The molecule has 0 aromatic heterocycles. The summed E-state index contributed by atoms with van der Waals surface area (Å²) in [5, 5.41) is 2.95. The van der Waals surface area contributed by atoms with Gasteiger partial charge >= 0.3 is 6.03 Å². The van der Waals surface area contributed by atoms with E-state index in [1.807, 2.05) is 4.90 Å². The fraction of sp³-hybridized carbons (Fsp3) is 0.882. The van der Waals surface area contributed by atoms with Gasteiger partial charge in [0.2, 0.25) is 0 Å². The molecule has 138 valence electrons. The SMILES string of the molecule is CC(C)C1CN(C(=O)NCC2CCC(C(=O)N(C)C)O2)CCCO1. The first-order valence-corrected chi connectivity index (χ1v) is 8.89. The van der Waals surface area contributed by atoms with E-state index in [0.717, 1.165) is 12.8 Å². The standard InChI is InChI=1S/C17H31N3O4/c1-12(2)15-11-20(8-5-9-23-15)17(22)18-10-13-6-7-14(24-13)16(21)19(3)4/h12-15H,5-11H2,1-4H3,(H,18,22). The molecule has 3 atom stereocenters. The second-order valence-corrected chi connectivity index (χ2v) is 7.20. The maximum atomic E-state index is 12.4. The van der Waals surface area contributed by atoms with Crippen LogP contribution in [0.1, 0.15) is 33.1 Å². The zero-order valence-electron chi connectivity index (χ0n) is 15.3. The number of carbonyl (C=O) groups excluding carboxylic acids is 2. The Morgan fingerprint density at radius 2 is 2.04 bits per heavy atom. The van der Waals surface area contributed by atoms with E-state index in [-0.39, 0.29) is 30.3 Å². The molecular formula is C17H31N3O4. The third kappa shape index (κ3) is 5.08. The lowest BCUT2D eigenvalue weighted by Crippen LogP contribution is -2.46. The Bertz CT molecular complexity index is 442. The van der Waals surface area contributed by atoms with E-state index in [2.05, 4.69) is 19.2 Å². The van der Waals surface area contributed by atoms with Gasteiger partial charge in [-0.3, -0.25) is 4.79 Å². The number of rotatable bonds is 4. The molecule has 2 rings (SSSR count). The molecule has 24 heavy (non-hydrogen) atoms. The van der Waals surface area contributed by atoms with Gasteiger partial charge in [-0.1, -0.05) is 13.8 Å². The highest BCUT2D eigenvalue weighted by Gasteiger charge is 2.32. The highest BCUT2D eigenvalue weighted by molar-refractivity contribution is 5.80. The fourth-order valence-corrected chi connectivity index (χ4v) is 3.08. The molecule has 3 amide bonds. The van der Waals surface area contributed by atoms with Crippen LogP contribution in [-0.4, -0.2) is 80.4 Å². The van der Waals surface area contributed by atoms with Crippen molar-refractivity contribution in [3.63, 3.8) is 0 Å². The molecule has 0 radical (unpaired) electrons. The van der Waals surface area contributed by atoms with E-state index >= 15 is 0 Å². The predicted molar refractivity (Wildman–Crippen MR) is 90.8 cm³/mol. The highest BCUT2D eigenvalue weighted by atomic mass is 16.5. The predicted octanol–water partition coefficient (Wildman–Crippen LogP) is 1.08. The normalized spacial score (nSPS) is 27.9. The first kappa shape index (κ1) is 19.0. The Morgan fingerprint density at radius 1 is 1.29 bits per heavy atom. The molecule has 0 aromatic rings. The number of nitrogens with one attached hydrogen (secondary N) is 1. The number of urea groups is 1. The van der Waals surface area contributed by atoms with Gasteiger partial charge in [-0.25, -0.2) is 4.79 Å². The molecule has 0 saturated carbocycles. The average molecular weight is 341 g/mol. The van der Waals surface area contributed by atoms with Gasteiger partial charge in [-0.2, -0.15) is 0 Å². The molecule has 2 aliphatic rings. The lowest BCUT2D eigenvalue weighted by molar-refractivity contribution is -0.140. The van der Waals surface area contributed by atoms with E-state index < -0.39 is 0 Å². The van der Waals surface area contributed by atoms with Crippen molar-refractivity contribution in [1.82, 2.24) is 15.1 Å². The summed E-state index contributed by atoms with van der Waals surface area (Å²) in [7, 11) is 3.46. The van der Waals surface area contributed by atoms with Crippen molar-refractivity contribution >= 4 is 11.9 Å². The number of likely N-dealkylation sites (N-methyl/N-ethyl adjacent to an activating group) is 1. The van der Waals surface area contributed by atoms with Crippen LogP contribution >= 0.6 is 0 Å². The van der Waals surface area contributed by atoms with Gasteiger partial charge in [0.25, 0.3) is 5.91 Å². The molecule has 0 spiro atoms. The van der Waals surface area contributed by atoms with E-state index in [0.29, 0.717) is 38.6 Å². The van der Waals surface area contributed by atoms with Gasteiger partial charge in [0.15, 0.2) is 0 Å². The highest BCUT2D eigenvalue weighted by Crippen LogP contribution is 2.20. The Balaban J connectivity index is 1.77. The molecule has 1 N–H and O–H groups in total. The number of hydrogen-bond donors (Lipinski definition) is 1. The van der Waals surface area contributed by atoms with Gasteiger partial charge < -0.3 is 24.6 Å². The fourth-order valence-electron chi connectivity index (χ4n) is 3.08. The smallest absolute Gasteiger partial charge is 0.317 e.